The summed E-state index contributed by atoms with van der Waals surface area (Å²) in [6.45, 7) is 2.02. The van der Waals surface area contributed by atoms with Crippen LogP contribution in [0, 0.1) is 5.92 Å². The number of carbonyl (C=O) groups is 2. The first kappa shape index (κ1) is 24.1. The number of hydrogen-bond donors (Lipinski definition) is 1. The Hall–Kier alpha value is -3.01. The largest absolute Gasteiger partial charge is 0.452 e. The molecule has 0 radical (unpaired) electrons. The maximum absolute atomic E-state index is 12.8. The number of nitrogens with one attached hydrogen (secondary N) is 1. The number of thiophene rings is 1. The molecule has 1 atom stereocenters. The monoisotopic (exact) mass is 498 g/mol. The van der Waals surface area contributed by atoms with Gasteiger partial charge in [-0.05, 0) is 42.8 Å². The lowest BCUT2D eigenvalue weighted by Crippen LogP contribution is -2.41. The molecule has 7 nitrogen and oxygen atoms in total. The number of anilines is 1. The van der Waals surface area contributed by atoms with E-state index in [0.29, 0.717) is 22.7 Å². The van der Waals surface area contributed by atoms with Crippen molar-refractivity contribution in [3.63, 3.8) is 0 Å². The van der Waals surface area contributed by atoms with Crippen molar-refractivity contribution in [3.05, 3.63) is 72.1 Å². The van der Waals surface area contributed by atoms with Gasteiger partial charge < -0.3 is 10.1 Å². The summed E-state index contributed by atoms with van der Waals surface area (Å²) in [5.41, 5.74) is 2.47. The van der Waals surface area contributed by atoms with Crippen LogP contribution < -0.4 is 5.32 Å². The van der Waals surface area contributed by atoms with Gasteiger partial charge in [-0.15, -0.1) is 11.3 Å². The molecule has 0 spiro atoms. The first-order valence-electron chi connectivity index (χ1n) is 11.1. The van der Waals surface area contributed by atoms with Gasteiger partial charge in [0.1, 0.15) is 4.21 Å². The lowest BCUT2D eigenvalue weighted by Gasteiger charge is -2.30. The molecule has 1 aliphatic rings. The summed E-state index contributed by atoms with van der Waals surface area (Å²) in [6, 6.07) is 20.4. The molecule has 1 amide bonds. The van der Waals surface area contributed by atoms with Crippen molar-refractivity contribution >= 4 is 38.9 Å². The van der Waals surface area contributed by atoms with E-state index in [1.807, 2.05) is 48.5 Å². The van der Waals surface area contributed by atoms with Crippen molar-refractivity contribution in [2.75, 3.05) is 18.4 Å². The van der Waals surface area contributed by atoms with Crippen molar-refractivity contribution in [3.8, 4) is 11.1 Å². The van der Waals surface area contributed by atoms with E-state index >= 15 is 0 Å². The number of amides is 1. The SMILES string of the molecule is CC(OC(=O)C1CCN(S(=O)(=O)c2cccs2)CC1)C(=O)Nc1ccccc1-c1ccccc1. The zero-order valence-corrected chi connectivity index (χ0v) is 20.3. The number of sulfonamides is 1. The van der Waals surface area contributed by atoms with E-state index < -0.39 is 33.9 Å². The zero-order valence-electron chi connectivity index (χ0n) is 18.7. The summed E-state index contributed by atoms with van der Waals surface area (Å²) in [4.78, 5) is 25.4. The van der Waals surface area contributed by atoms with Crippen LogP contribution in [0.15, 0.2) is 76.3 Å². The van der Waals surface area contributed by atoms with Gasteiger partial charge in [-0.3, -0.25) is 9.59 Å². The molecule has 1 unspecified atom stereocenters. The third-order valence-corrected chi connectivity index (χ3v) is 9.08. The Labute approximate surface area is 203 Å². The molecule has 0 aliphatic carbocycles. The third-order valence-electron chi connectivity index (χ3n) is 5.81. The Morgan fingerprint density at radius 1 is 1.00 bits per heavy atom. The molecule has 178 valence electrons. The number of para-hydroxylation sites is 1. The Morgan fingerprint density at radius 3 is 2.35 bits per heavy atom. The molecule has 2 heterocycles. The summed E-state index contributed by atoms with van der Waals surface area (Å²) >= 11 is 1.18. The number of nitrogens with zero attached hydrogens (tertiary/aromatic N) is 1. The number of rotatable bonds is 7. The molecule has 34 heavy (non-hydrogen) atoms. The Morgan fingerprint density at radius 2 is 1.68 bits per heavy atom. The van der Waals surface area contributed by atoms with Gasteiger partial charge in [0.25, 0.3) is 15.9 Å². The third kappa shape index (κ3) is 5.38. The topological polar surface area (TPSA) is 92.8 Å². The number of ether oxygens (including phenoxy) is 1. The fraction of sp³-hybridized carbons (Fsp3) is 0.280. The minimum atomic E-state index is -3.53. The number of benzene rings is 2. The van der Waals surface area contributed by atoms with Crippen LogP contribution in [0.25, 0.3) is 11.1 Å². The molecular formula is C25H26N2O5S2. The van der Waals surface area contributed by atoms with Crippen molar-refractivity contribution in [1.82, 2.24) is 4.31 Å². The van der Waals surface area contributed by atoms with Gasteiger partial charge in [0.2, 0.25) is 0 Å². The second-order valence-corrected chi connectivity index (χ2v) is 11.2. The van der Waals surface area contributed by atoms with Crippen LogP contribution in [-0.4, -0.2) is 43.8 Å². The molecule has 2 aromatic carbocycles. The van der Waals surface area contributed by atoms with Crippen LogP contribution in [0.5, 0.6) is 0 Å². The van der Waals surface area contributed by atoms with Gasteiger partial charge in [-0.25, -0.2) is 8.42 Å². The van der Waals surface area contributed by atoms with E-state index in [2.05, 4.69) is 5.32 Å². The average Bonchev–Trinajstić information content (AvgIpc) is 3.41. The van der Waals surface area contributed by atoms with Gasteiger partial charge in [0.05, 0.1) is 5.92 Å². The summed E-state index contributed by atoms with van der Waals surface area (Å²) in [6.07, 6.45) is -0.271. The van der Waals surface area contributed by atoms with Crippen molar-refractivity contribution in [2.45, 2.75) is 30.1 Å². The first-order valence-corrected chi connectivity index (χ1v) is 13.4. The Balaban J connectivity index is 1.33. The smallest absolute Gasteiger partial charge is 0.309 e. The van der Waals surface area contributed by atoms with Crippen LogP contribution in [0.2, 0.25) is 0 Å². The molecular weight excluding hydrogens is 472 g/mol. The predicted molar refractivity (Wildman–Crippen MR) is 132 cm³/mol. The fourth-order valence-corrected chi connectivity index (χ4v) is 6.50. The molecule has 0 saturated carbocycles. The average molecular weight is 499 g/mol. The normalized spacial score (nSPS) is 16.0. The minimum Gasteiger partial charge on any atom is -0.452 e. The number of hydrogen-bond acceptors (Lipinski definition) is 6. The van der Waals surface area contributed by atoms with Gasteiger partial charge in [0.15, 0.2) is 6.10 Å². The van der Waals surface area contributed by atoms with E-state index in [4.69, 9.17) is 4.74 Å². The summed E-state index contributed by atoms with van der Waals surface area (Å²) in [5.74, 6) is -1.34. The molecule has 1 aromatic heterocycles. The van der Waals surface area contributed by atoms with Crippen LogP contribution in [0.1, 0.15) is 19.8 Å². The highest BCUT2D eigenvalue weighted by Crippen LogP contribution is 2.29. The molecule has 1 aliphatic heterocycles. The van der Waals surface area contributed by atoms with E-state index in [-0.39, 0.29) is 13.1 Å². The fourth-order valence-electron chi connectivity index (χ4n) is 3.89. The maximum Gasteiger partial charge on any atom is 0.309 e. The van der Waals surface area contributed by atoms with Crippen LogP contribution >= 0.6 is 11.3 Å². The van der Waals surface area contributed by atoms with Gasteiger partial charge in [0, 0.05) is 24.3 Å². The number of esters is 1. The van der Waals surface area contributed by atoms with Crippen molar-refractivity contribution in [1.29, 1.82) is 0 Å². The van der Waals surface area contributed by atoms with Crippen molar-refractivity contribution < 1.29 is 22.7 Å². The highest BCUT2D eigenvalue weighted by molar-refractivity contribution is 7.91. The van der Waals surface area contributed by atoms with E-state index in [0.717, 1.165) is 11.1 Å². The van der Waals surface area contributed by atoms with E-state index in [1.54, 1.807) is 23.6 Å². The standard InChI is InChI=1S/C25H26N2O5S2/c1-18(24(28)26-22-11-6-5-10-21(22)19-8-3-2-4-9-19)32-25(29)20-13-15-27(16-14-20)34(30,31)23-12-7-17-33-23/h2-12,17-18,20H,13-16H2,1H3,(H,26,28). The van der Waals surface area contributed by atoms with Gasteiger partial charge in [-0.1, -0.05) is 54.6 Å². The number of carbonyl (C=O) groups excluding carboxylic acids is 2. The van der Waals surface area contributed by atoms with Crippen LogP contribution in [-0.2, 0) is 24.3 Å². The Kier molecular flexibility index (Phi) is 7.45. The molecule has 9 heteroatoms. The van der Waals surface area contributed by atoms with Crippen LogP contribution in [0.3, 0.4) is 0 Å². The quantitative estimate of drug-likeness (QED) is 0.488. The highest BCUT2D eigenvalue weighted by Gasteiger charge is 2.34. The van der Waals surface area contributed by atoms with Gasteiger partial charge in [-0.2, -0.15) is 4.31 Å². The molecule has 3 aromatic rings. The molecule has 1 saturated heterocycles. The summed E-state index contributed by atoms with van der Waals surface area (Å²) in [5, 5.41) is 4.58. The zero-order chi connectivity index (χ0) is 24.1. The van der Waals surface area contributed by atoms with Gasteiger partial charge >= 0.3 is 5.97 Å². The first-order chi connectivity index (χ1) is 16.4. The molecule has 1 fully saturated rings. The molecule has 1 N–H and O–H groups in total. The summed E-state index contributed by atoms with van der Waals surface area (Å²) < 4.78 is 32.5. The lowest BCUT2D eigenvalue weighted by atomic mass is 9.98. The highest BCUT2D eigenvalue weighted by atomic mass is 32.2. The van der Waals surface area contributed by atoms with E-state index in [1.165, 1.54) is 22.6 Å². The van der Waals surface area contributed by atoms with Crippen molar-refractivity contribution in [2.24, 2.45) is 5.92 Å². The second-order valence-electron chi connectivity index (χ2n) is 8.09. The minimum absolute atomic E-state index is 0.241. The Bertz CT molecular complexity index is 1240. The molecule has 0 bridgehead atoms. The maximum atomic E-state index is 12.8. The lowest BCUT2D eigenvalue weighted by molar-refractivity contribution is -0.158. The number of piperidine rings is 1. The van der Waals surface area contributed by atoms with E-state index in [9.17, 15) is 18.0 Å². The summed E-state index contributed by atoms with van der Waals surface area (Å²) in [7, 11) is -3.53. The predicted octanol–water partition coefficient (Wildman–Crippen LogP) is 4.39. The second kappa shape index (κ2) is 10.5. The molecule has 4 rings (SSSR count). The van der Waals surface area contributed by atoms with Crippen LogP contribution in [0.4, 0.5) is 5.69 Å².